The van der Waals surface area contributed by atoms with Crippen LogP contribution < -0.4 is 10.7 Å². The highest BCUT2D eigenvalue weighted by Gasteiger charge is 2.35. The molecule has 1 aromatic heterocycles. The Balaban J connectivity index is 1.83. The van der Waals surface area contributed by atoms with Crippen LogP contribution in [0.25, 0.3) is 0 Å². The van der Waals surface area contributed by atoms with E-state index in [1.807, 2.05) is 24.4 Å². The molecule has 0 bridgehead atoms. The fourth-order valence-electron chi connectivity index (χ4n) is 3.06. The predicted octanol–water partition coefficient (Wildman–Crippen LogP) is 2.90. The zero-order valence-electron chi connectivity index (χ0n) is 15.0. The zero-order valence-corrected chi connectivity index (χ0v) is 15.8. The summed E-state index contributed by atoms with van der Waals surface area (Å²) in [5.74, 6) is -0.306. The van der Waals surface area contributed by atoms with Gasteiger partial charge in [-0.15, -0.1) is 11.3 Å². The molecule has 0 spiro atoms. The highest BCUT2D eigenvalue weighted by Crippen LogP contribution is 2.26. The Morgan fingerprint density at radius 2 is 2.00 bits per heavy atom. The number of hydrogen-bond donors (Lipinski definition) is 2. The molecule has 7 heteroatoms. The number of hydrazone groups is 1. The Kier molecular flexibility index (Phi) is 5.77. The molecule has 0 saturated carbocycles. The van der Waals surface area contributed by atoms with E-state index in [1.54, 1.807) is 11.3 Å². The number of thiophene rings is 1. The third-order valence-electron chi connectivity index (χ3n) is 3.58. The topological polar surface area (TPSA) is 75.1 Å². The first-order valence-corrected chi connectivity index (χ1v) is 8.89. The molecule has 24 heavy (non-hydrogen) atoms. The van der Waals surface area contributed by atoms with Gasteiger partial charge in [0.15, 0.2) is 6.61 Å². The summed E-state index contributed by atoms with van der Waals surface area (Å²) in [5.41, 5.74) is 4.23. The van der Waals surface area contributed by atoms with Gasteiger partial charge in [-0.05, 0) is 46.1 Å². The lowest BCUT2D eigenvalue weighted by Crippen LogP contribution is -2.58. The van der Waals surface area contributed by atoms with E-state index in [1.165, 1.54) is 0 Å². The van der Waals surface area contributed by atoms with Crippen molar-refractivity contribution in [1.29, 1.82) is 0 Å². The van der Waals surface area contributed by atoms with Gasteiger partial charge >= 0.3 is 0 Å². The number of carbonyl (C=O) groups excluding carboxylic acids is 1. The van der Waals surface area contributed by atoms with Crippen LogP contribution in [0.2, 0.25) is 0 Å². The normalized spacial score (nSPS) is 19.7. The molecule has 1 aliphatic heterocycles. The lowest BCUT2D eigenvalue weighted by atomic mass is 9.81. The van der Waals surface area contributed by atoms with E-state index in [0.29, 0.717) is 0 Å². The van der Waals surface area contributed by atoms with Crippen molar-refractivity contribution in [2.75, 3.05) is 6.61 Å². The fraction of sp³-hybridized carbons (Fsp3) is 0.588. The summed E-state index contributed by atoms with van der Waals surface area (Å²) >= 11 is 1.58. The number of rotatable bonds is 5. The lowest BCUT2D eigenvalue weighted by molar-refractivity contribution is -0.125. The predicted molar refractivity (Wildman–Crippen MR) is 98.6 cm³/mol. The van der Waals surface area contributed by atoms with Gasteiger partial charge in [-0.2, -0.15) is 5.10 Å². The largest absolute Gasteiger partial charge is 0.385 e. The molecule has 6 nitrogen and oxygen atoms in total. The second-order valence-corrected chi connectivity index (χ2v) is 8.33. The van der Waals surface area contributed by atoms with E-state index in [0.717, 1.165) is 29.1 Å². The molecule has 2 rings (SSSR count). The van der Waals surface area contributed by atoms with Crippen LogP contribution in [-0.2, 0) is 9.63 Å². The number of carbonyl (C=O) groups is 1. The third kappa shape index (κ3) is 5.72. The van der Waals surface area contributed by atoms with Gasteiger partial charge in [-0.25, -0.2) is 5.43 Å². The monoisotopic (exact) mass is 350 g/mol. The summed E-state index contributed by atoms with van der Waals surface area (Å²) in [7, 11) is 0. The van der Waals surface area contributed by atoms with Gasteiger partial charge in [0.1, 0.15) is 0 Å². The van der Waals surface area contributed by atoms with Crippen molar-refractivity contribution >= 4 is 28.7 Å². The third-order valence-corrected chi connectivity index (χ3v) is 4.56. The molecule has 1 saturated heterocycles. The van der Waals surface area contributed by atoms with Crippen molar-refractivity contribution < 1.29 is 9.63 Å². The Morgan fingerprint density at radius 1 is 1.33 bits per heavy atom. The molecule has 132 valence electrons. The highest BCUT2D eigenvalue weighted by atomic mass is 32.1. The number of nitrogens with one attached hydrogen (secondary N) is 2. The molecule has 0 unspecified atom stereocenters. The molecule has 1 amide bonds. The van der Waals surface area contributed by atoms with Crippen molar-refractivity contribution in [3.63, 3.8) is 0 Å². The minimum absolute atomic E-state index is 0.0378. The van der Waals surface area contributed by atoms with Crippen LogP contribution in [0.15, 0.2) is 27.8 Å². The second kappa shape index (κ2) is 7.44. The zero-order chi connectivity index (χ0) is 17.8. The van der Waals surface area contributed by atoms with Crippen molar-refractivity contribution in [2.24, 2.45) is 10.3 Å². The maximum absolute atomic E-state index is 11.9. The number of hydrogen-bond acceptors (Lipinski definition) is 6. The molecule has 2 heterocycles. The second-order valence-electron chi connectivity index (χ2n) is 7.39. The maximum Gasteiger partial charge on any atom is 0.280 e. The van der Waals surface area contributed by atoms with Crippen LogP contribution in [0.1, 0.15) is 52.3 Å². The number of nitrogens with zero attached hydrogens (tertiary/aromatic N) is 2. The van der Waals surface area contributed by atoms with Crippen molar-refractivity contribution in [3.8, 4) is 0 Å². The van der Waals surface area contributed by atoms with E-state index in [4.69, 9.17) is 4.84 Å². The van der Waals surface area contributed by atoms with Gasteiger partial charge in [-0.1, -0.05) is 11.2 Å². The van der Waals surface area contributed by atoms with E-state index < -0.39 is 0 Å². The van der Waals surface area contributed by atoms with Gasteiger partial charge in [-0.3, -0.25) is 4.79 Å². The van der Waals surface area contributed by atoms with Gasteiger partial charge in [0.2, 0.25) is 0 Å². The molecule has 0 aliphatic carbocycles. The Labute approximate surface area is 147 Å². The maximum atomic E-state index is 11.9. The van der Waals surface area contributed by atoms with Gasteiger partial charge in [0.05, 0.1) is 10.6 Å². The summed E-state index contributed by atoms with van der Waals surface area (Å²) in [6, 6.07) is 3.91. The molecule has 2 N–H and O–H groups in total. The summed E-state index contributed by atoms with van der Waals surface area (Å²) in [5, 5.41) is 13.8. The van der Waals surface area contributed by atoms with E-state index >= 15 is 0 Å². The molecule has 1 fully saturated rings. The first-order valence-electron chi connectivity index (χ1n) is 8.01. The first kappa shape index (κ1) is 18.6. The number of piperidine rings is 1. The van der Waals surface area contributed by atoms with Gasteiger partial charge < -0.3 is 10.2 Å². The van der Waals surface area contributed by atoms with Crippen LogP contribution >= 0.6 is 11.3 Å². The Bertz CT molecular complexity index is 615. The van der Waals surface area contributed by atoms with Crippen LogP contribution in [0.5, 0.6) is 0 Å². The van der Waals surface area contributed by atoms with Gasteiger partial charge in [0.25, 0.3) is 5.91 Å². The SMILES string of the molecule is C/C(=N/OCC(=O)NN=C1CC(C)(C)NC(C)(C)C1)c1cccs1. The van der Waals surface area contributed by atoms with Crippen LogP contribution in [-0.4, -0.2) is 35.0 Å². The van der Waals surface area contributed by atoms with Crippen molar-refractivity contribution in [3.05, 3.63) is 22.4 Å². The van der Waals surface area contributed by atoms with Crippen LogP contribution in [0.3, 0.4) is 0 Å². The molecule has 0 atom stereocenters. The summed E-state index contributed by atoms with van der Waals surface area (Å²) in [6.07, 6.45) is 1.60. The highest BCUT2D eigenvalue weighted by molar-refractivity contribution is 7.12. The van der Waals surface area contributed by atoms with E-state index in [2.05, 4.69) is 48.7 Å². The van der Waals surface area contributed by atoms with Crippen LogP contribution in [0, 0.1) is 0 Å². The van der Waals surface area contributed by atoms with Crippen molar-refractivity contribution in [1.82, 2.24) is 10.7 Å². The van der Waals surface area contributed by atoms with E-state index in [-0.39, 0.29) is 23.6 Å². The molecule has 1 aliphatic rings. The number of oxime groups is 1. The van der Waals surface area contributed by atoms with E-state index in [9.17, 15) is 4.79 Å². The van der Waals surface area contributed by atoms with Crippen molar-refractivity contribution in [2.45, 2.75) is 58.5 Å². The molecule has 1 aromatic rings. The quantitative estimate of drug-likeness (QED) is 0.633. The summed E-state index contributed by atoms with van der Waals surface area (Å²) in [6.45, 7) is 10.2. The summed E-state index contributed by atoms with van der Waals surface area (Å²) < 4.78 is 0. The fourth-order valence-corrected chi connectivity index (χ4v) is 3.73. The molecular formula is C17H26N4O2S. The summed E-state index contributed by atoms with van der Waals surface area (Å²) in [4.78, 5) is 18.0. The lowest BCUT2D eigenvalue weighted by Gasteiger charge is -2.43. The average molecular weight is 350 g/mol. The Hall–Kier alpha value is -1.73. The average Bonchev–Trinajstić information content (AvgIpc) is 2.96. The minimum Gasteiger partial charge on any atom is -0.385 e. The Morgan fingerprint density at radius 3 is 2.58 bits per heavy atom. The molecule has 0 aromatic carbocycles. The minimum atomic E-state index is -0.306. The first-order chi connectivity index (χ1) is 11.2. The molecule has 0 radical (unpaired) electrons. The molecular weight excluding hydrogens is 324 g/mol. The number of amides is 1. The standard InChI is InChI=1S/C17H26N4O2S/c1-12(14-7-6-8-24-14)20-23-11-15(22)19-18-13-9-16(2,3)21-17(4,5)10-13/h6-8,21H,9-11H2,1-5H3,(H,19,22)/b20-12-. The smallest absolute Gasteiger partial charge is 0.280 e. The van der Waals surface area contributed by atoms with Crippen LogP contribution in [0.4, 0.5) is 0 Å². The van der Waals surface area contributed by atoms with Gasteiger partial charge in [0, 0.05) is 29.6 Å².